The van der Waals surface area contributed by atoms with Crippen molar-refractivity contribution in [2.75, 3.05) is 25.6 Å². The van der Waals surface area contributed by atoms with Gasteiger partial charge in [0, 0.05) is 61.0 Å². The number of halogens is 4. The van der Waals surface area contributed by atoms with Gasteiger partial charge in [-0.15, -0.1) is 11.3 Å². The number of benzene rings is 1. The van der Waals surface area contributed by atoms with Crippen LogP contribution in [0.1, 0.15) is 71.0 Å². The van der Waals surface area contributed by atoms with Crippen LogP contribution in [0, 0.1) is 0 Å². The lowest BCUT2D eigenvalue weighted by Gasteiger charge is -2.30. The van der Waals surface area contributed by atoms with Gasteiger partial charge >= 0.3 is 20.2 Å². The van der Waals surface area contributed by atoms with E-state index in [2.05, 4.69) is 15.7 Å². The van der Waals surface area contributed by atoms with Crippen molar-refractivity contribution in [2.45, 2.75) is 50.9 Å². The molecule has 0 bridgehead atoms. The average molecular weight is 695 g/mol. The van der Waals surface area contributed by atoms with E-state index >= 15 is 0 Å². The molecule has 0 atom stereocenters. The molecular formula is C26H30F4N6O6S3. The zero-order chi connectivity index (χ0) is 32.5. The summed E-state index contributed by atoms with van der Waals surface area (Å²) in [5, 5.41) is 12.9. The molecule has 0 unspecified atom stereocenters. The maximum absolute atomic E-state index is 13.3. The van der Waals surface area contributed by atoms with Crippen molar-refractivity contribution in [3.8, 4) is 11.5 Å². The molecule has 5 rings (SSSR count). The van der Waals surface area contributed by atoms with Crippen LogP contribution in [0.2, 0.25) is 0 Å². The first-order valence-electron chi connectivity index (χ1n) is 13.6. The summed E-state index contributed by atoms with van der Waals surface area (Å²) >= 11 is 1.48. The monoisotopic (exact) mass is 694 g/mol. The Bertz CT molecular complexity index is 1710. The van der Waals surface area contributed by atoms with Crippen molar-refractivity contribution < 1.29 is 42.8 Å². The number of hydrogen-bond acceptors (Lipinski definition) is 12. The number of alkyl halides is 4. The van der Waals surface area contributed by atoms with Gasteiger partial charge in [0.1, 0.15) is 29.1 Å². The molecule has 2 aliphatic rings. The Morgan fingerprint density at radius 1 is 0.933 bits per heavy atom. The molecule has 2 aromatic heterocycles. The lowest BCUT2D eigenvalue weighted by molar-refractivity contribution is 0.143. The second-order valence-electron chi connectivity index (χ2n) is 10.5. The normalized spacial score (nSPS) is 17.3. The average Bonchev–Trinajstić information content (AvgIpc) is 3.55. The number of piperidine rings is 1. The molecule has 0 aliphatic carbocycles. The minimum atomic E-state index is -3.86. The fourth-order valence-corrected chi connectivity index (χ4v) is 7.08. The highest BCUT2D eigenvalue weighted by atomic mass is 32.2. The molecule has 1 fully saturated rings. The number of nitrogens with one attached hydrogen (secondary N) is 2. The standard InChI is InChI=1S/C26H30F4N6O6S3/c1-44(37,38)41-21-3-4-22(42-45(2,39)40)17-13-32-25(31-12-16(17)21)19-14-43-26(33-19)15-5-7-35(8-6-15)9-10-36-20(24(29)30)11-18(34-36)23(27)28/h3-4,9-11,14-15,23-25,31-32H,5-8,12-13H2,1-2H3. The first-order valence-corrected chi connectivity index (χ1v) is 18.1. The minimum absolute atomic E-state index is 0.0514. The van der Waals surface area contributed by atoms with E-state index in [0.717, 1.165) is 35.0 Å². The summed E-state index contributed by atoms with van der Waals surface area (Å²) in [4.78, 5) is 6.73. The SMILES string of the molecule is CS(=O)(=O)Oc1ccc(OS(C)(=O)=O)c2c1CNC(c1csc(C3CCN(C=Cn4nc(C(F)F)cc4C(F)F)CC3)n1)NC2. The maximum atomic E-state index is 13.3. The third-order valence-corrected chi connectivity index (χ3v) is 9.15. The molecule has 0 radical (unpaired) electrons. The van der Waals surface area contributed by atoms with Gasteiger partial charge in [0.15, 0.2) is 0 Å². The van der Waals surface area contributed by atoms with Gasteiger partial charge in [-0.2, -0.15) is 21.9 Å². The van der Waals surface area contributed by atoms with Gasteiger partial charge in [-0.1, -0.05) is 0 Å². The summed E-state index contributed by atoms with van der Waals surface area (Å²) in [6.45, 7) is 1.42. The van der Waals surface area contributed by atoms with E-state index in [0.29, 0.717) is 36.0 Å². The molecule has 0 amide bonds. The molecule has 246 valence electrons. The van der Waals surface area contributed by atoms with E-state index in [1.54, 1.807) is 6.20 Å². The lowest BCUT2D eigenvalue weighted by Crippen LogP contribution is -2.31. The smallest absolute Gasteiger partial charge is 0.306 e. The predicted octanol–water partition coefficient (Wildman–Crippen LogP) is 4.09. The molecule has 12 nitrogen and oxygen atoms in total. The van der Waals surface area contributed by atoms with Crippen LogP contribution in [0.5, 0.6) is 11.5 Å². The molecule has 1 saturated heterocycles. The van der Waals surface area contributed by atoms with Crippen LogP contribution in [-0.4, -0.2) is 62.1 Å². The summed E-state index contributed by atoms with van der Waals surface area (Å²) in [6.07, 6.45) is -0.268. The quantitative estimate of drug-likeness (QED) is 0.234. The highest BCUT2D eigenvalue weighted by Crippen LogP contribution is 2.36. The molecule has 1 aromatic carbocycles. The van der Waals surface area contributed by atoms with Crippen LogP contribution in [-0.2, 0) is 33.3 Å². The summed E-state index contributed by atoms with van der Waals surface area (Å²) < 4.78 is 111. The molecule has 4 heterocycles. The van der Waals surface area contributed by atoms with Crippen LogP contribution >= 0.6 is 11.3 Å². The second-order valence-corrected chi connectivity index (χ2v) is 14.6. The van der Waals surface area contributed by atoms with Crippen LogP contribution in [0.25, 0.3) is 6.20 Å². The van der Waals surface area contributed by atoms with E-state index in [1.165, 1.54) is 29.7 Å². The van der Waals surface area contributed by atoms with Gasteiger partial charge < -0.3 is 13.3 Å². The molecule has 0 saturated carbocycles. The van der Waals surface area contributed by atoms with E-state index < -0.39 is 50.6 Å². The van der Waals surface area contributed by atoms with Crippen molar-refractivity contribution in [3.63, 3.8) is 0 Å². The van der Waals surface area contributed by atoms with E-state index in [1.807, 2.05) is 10.3 Å². The fraction of sp³-hybridized carbons (Fsp3) is 0.462. The van der Waals surface area contributed by atoms with E-state index in [4.69, 9.17) is 13.4 Å². The number of nitrogens with zero attached hydrogens (tertiary/aromatic N) is 4. The zero-order valence-corrected chi connectivity index (χ0v) is 26.4. The Morgan fingerprint density at radius 2 is 1.51 bits per heavy atom. The summed E-state index contributed by atoms with van der Waals surface area (Å²) in [7, 11) is -7.72. The molecule has 0 spiro atoms. The Kier molecular flexibility index (Phi) is 9.73. The van der Waals surface area contributed by atoms with Gasteiger partial charge in [0.05, 0.1) is 23.2 Å². The number of fused-ring (bicyclic) bond motifs is 1. The number of aromatic nitrogens is 3. The van der Waals surface area contributed by atoms with Gasteiger partial charge in [-0.05, 0) is 31.0 Å². The minimum Gasteiger partial charge on any atom is -0.382 e. The molecule has 3 aromatic rings. The van der Waals surface area contributed by atoms with Gasteiger partial charge in [-0.25, -0.2) is 27.2 Å². The second kappa shape index (κ2) is 13.2. The fourth-order valence-electron chi connectivity index (χ4n) is 5.10. The van der Waals surface area contributed by atoms with Crippen molar-refractivity contribution in [2.24, 2.45) is 0 Å². The number of thiazole rings is 1. The molecule has 45 heavy (non-hydrogen) atoms. The third kappa shape index (κ3) is 8.32. The van der Waals surface area contributed by atoms with Crippen LogP contribution in [0.3, 0.4) is 0 Å². The largest absolute Gasteiger partial charge is 0.382 e. The van der Waals surface area contributed by atoms with Crippen molar-refractivity contribution in [1.82, 2.24) is 30.3 Å². The zero-order valence-electron chi connectivity index (χ0n) is 24.0. The van der Waals surface area contributed by atoms with Crippen LogP contribution < -0.4 is 19.0 Å². The first kappa shape index (κ1) is 33.1. The van der Waals surface area contributed by atoms with Gasteiger partial charge in [0.2, 0.25) is 0 Å². The van der Waals surface area contributed by atoms with Crippen molar-refractivity contribution in [3.05, 3.63) is 63.0 Å². The highest BCUT2D eigenvalue weighted by molar-refractivity contribution is 7.86. The van der Waals surface area contributed by atoms with Gasteiger partial charge in [-0.3, -0.25) is 10.6 Å². The van der Waals surface area contributed by atoms with E-state index in [9.17, 15) is 34.4 Å². The molecule has 2 N–H and O–H groups in total. The van der Waals surface area contributed by atoms with Gasteiger partial charge in [0.25, 0.3) is 12.9 Å². The van der Waals surface area contributed by atoms with Crippen LogP contribution in [0.4, 0.5) is 17.6 Å². The molecule has 19 heteroatoms. The predicted molar refractivity (Wildman–Crippen MR) is 157 cm³/mol. The Morgan fingerprint density at radius 3 is 2.02 bits per heavy atom. The highest BCUT2D eigenvalue weighted by Gasteiger charge is 2.28. The summed E-state index contributed by atoms with van der Waals surface area (Å²) in [5.41, 5.74) is 0.227. The third-order valence-electron chi connectivity index (χ3n) is 7.16. The Labute approximate surface area is 261 Å². The van der Waals surface area contributed by atoms with Crippen molar-refractivity contribution in [1.29, 1.82) is 0 Å². The number of hydrogen-bond donors (Lipinski definition) is 2. The van der Waals surface area contributed by atoms with Crippen molar-refractivity contribution >= 4 is 37.8 Å². The summed E-state index contributed by atoms with van der Waals surface area (Å²) in [6, 6.07) is 3.39. The molecule has 2 aliphatic heterocycles. The topological polar surface area (TPSA) is 145 Å². The Hall–Kier alpha value is -3.26. The lowest BCUT2D eigenvalue weighted by atomic mass is 9.98. The van der Waals surface area contributed by atoms with Crippen LogP contribution in [0.15, 0.2) is 29.8 Å². The number of likely N-dealkylation sites (tertiary alicyclic amines) is 1. The van der Waals surface area contributed by atoms with E-state index in [-0.39, 0.29) is 30.5 Å². The maximum Gasteiger partial charge on any atom is 0.306 e. The Balaban J connectivity index is 1.24. The first-order chi connectivity index (χ1) is 21.2. The number of rotatable bonds is 10. The molecular weight excluding hydrogens is 665 g/mol. The summed E-state index contributed by atoms with van der Waals surface area (Å²) in [5.74, 6) is 0.235.